The largest absolute Gasteiger partial charge is 0.338 e. The quantitative estimate of drug-likeness (QED) is 0.813. The van der Waals surface area contributed by atoms with E-state index in [9.17, 15) is 4.79 Å². The number of carbonyl (C=O) groups is 1. The normalized spacial score (nSPS) is 44.4. The molecule has 0 aromatic heterocycles. The van der Waals surface area contributed by atoms with E-state index in [4.69, 9.17) is 0 Å². The van der Waals surface area contributed by atoms with Gasteiger partial charge in [-0.1, -0.05) is 13.3 Å². The molecule has 102 valence electrons. The second-order valence-electron chi connectivity index (χ2n) is 6.74. The molecule has 5 unspecified atom stereocenters. The van der Waals surface area contributed by atoms with Gasteiger partial charge in [-0.25, -0.2) is 0 Å². The molecule has 1 heterocycles. The lowest BCUT2D eigenvalue weighted by Crippen LogP contribution is -2.50. The van der Waals surface area contributed by atoms with Gasteiger partial charge in [0.25, 0.3) is 0 Å². The molecule has 3 rings (SSSR count). The van der Waals surface area contributed by atoms with Gasteiger partial charge >= 0.3 is 0 Å². The first-order valence-electron chi connectivity index (χ1n) is 7.66. The highest BCUT2D eigenvalue weighted by Gasteiger charge is 2.45. The molecule has 3 nitrogen and oxygen atoms in total. The number of likely N-dealkylation sites (tertiary alicyclic amines) is 1. The van der Waals surface area contributed by atoms with Gasteiger partial charge in [-0.15, -0.1) is 0 Å². The van der Waals surface area contributed by atoms with Gasteiger partial charge in [0.1, 0.15) is 0 Å². The maximum Gasteiger partial charge on any atom is 0.239 e. The first-order valence-corrected chi connectivity index (χ1v) is 7.66. The molecule has 3 aliphatic rings. The third-order valence-corrected chi connectivity index (χ3v) is 5.53. The van der Waals surface area contributed by atoms with Crippen LogP contribution in [0.4, 0.5) is 0 Å². The van der Waals surface area contributed by atoms with E-state index in [0.717, 1.165) is 24.8 Å². The van der Waals surface area contributed by atoms with Crippen LogP contribution >= 0.6 is 0 Å². The molecule has 0 radical (unpaired) electrons. The molecule has 1 aliphatic heterocycles. The summed E-state index contributed by atoms with van der Waals surface area (Å²) in [5.74, 6) is 2.76. The molecule has 0 spiro atoms. The molecule has 1 amide bonds. The number of hydrogen-bond donors (Lipinski definition) is 1. The van der Waals surface area contributed by atoms with Crippen LogP contribution in [0.1, 0.15) is 45.4 Å². The van der Waals surface area contributed by atoms with E-state index in [0.29, 0.717) is 17.9 Å². The van der Waals surface area contributed by atoms with Gasteiger partial charge in [0, 0.05) is 12.6 Å². The first-order chi connectivity index (χ1) is 8.69. The fourth-order valence-corrected chi connectivity index (χ4v) is 4.45. The Bertz CT molecular complexity index is 330. The SMILES string of the molecule is CNC1CC(C)CCN(C2CC3CCC2C3)C1=O. The van der Waals surface area contributed by atoms with E-state index in [-0.39, 0.29) is 6.04 Å². The average Bonchev–Trinajstić information content (AvgIpc) is 2.94. The van der Waals surface area contributed by atoms with Gasteiger partial charge in [0.15, 0.2) is 0 Å². The van der Waals surface area contributed by atoms with E-state index in [1.54, 1.807) is 0 Å². The molecule has 3 heteroatoms. The predicted molar refractivity (Wildman–Crippen MR) is 72.2 cm³/mol. The van der Waals surface area contributed by atoms with E-state index in [2.05, 4.69) is 17.1 Å². The van der Waals surface area contributed by atoms with Crippen molar-refractivity contribution < 1.29 is 4.79 Å². The maximum absolute atomic E-state index is 12.6. The van der Waals surface area contributed by atoms with Gasteiger partial charge in [-0.3, -0.25) is 4.79 Å². The fourth-order valence-electron chi connectivity index (χ4n) is 4.45. The van der Waals surface area contributed by atoms with Crippen LogP contribution in [0.15, 0.2) is 0 Å². The van der Waals surface area contributed by atoms with Gasteiger partial charge in [-0.05, 0) is 56.9 Å². The van der Waals surface area contributed by atoms with Crippen molar-refractivity contribution >= 4 is 5.91 Å². The van der Waals surface area contributed by atoms with E-state index in [1.807, 2.05) is 7.05 Å². The van der Waals surface area contributed by atoms with E-state index < -0.39 is 0 Å². The van der Waals surface area contributed by atoms with Crippen molar-refractivity contribution in [3.8, 4) is 0 Å². The zero-order valence-electron chi connectivity index (χ0n) is 11.7. The number of rotatable bonds is 2. The van der Waals surface area contributed by atoms with Crippen molar-refractivity contribution in [1.29, 1.82) is 0 Å². The third-order valence-electron chi connectivity index (χ3n) is 5.53. The van der Waals surface area contributed by atoms with Crippen LogP contribution in [0, 0.1) is 17.8 Å². The van der Waals surface area contributed by atoms with Crippen LogP contribution in [-0.4, -0.2) is 36.5 Å². The minimum Gasteiger partial charge on any atom is -0.338 e. The molecule has 18 heavy (non-hydrogen) atoms. The average molecular weight is 250 g/mol. The van der Waals surface area contributed by atoms with Gasteiger partial charge in [-0.2, -0.15) is 0 Å². The van der Waals surface area contributed by atoms with Gasteiger partial charge < -0.3 is 10.2 Å². The predicted octanol–water partition coefficient (Wildman–Crippen LogP) is 2.02. The zero-order chi connectivity index (χ0) is 12.7. The summed E-state index contributed by atoms with van der Waals surface area (Å²) >= 11 is 0. The van der Waals surface area contributed by atoms with Crippen molar-refractivity contribution in [2.24, 2.45) is 17.8 Å². The molecule has 5 atom stereocenters. The van der Waals surface area contributed by atoms with Gasteiger partial charge in [0.05, 0.1) is 6.04 Å². The van der Waals surface area contributed by atoms with Crippen LogP contribution in [-0.2, 0) is 4.79 Å². The zero-order valence-corrected chi connectivity index (χ0v) is 11.7. The van der Waals surface area contributed by atoms with Crippen LogP contribution < -0.4 is 5.32 Å². The standard InChI is InChI=1S/C15H26N2O/c1-10-5-6-17(15(18)13(7-10)16-2)14-9-11-3-4-12(14)8-11/h10-14,16H,3-9H2,1-2H3. The monoisotopic (exact) mass is 250 g/mol. The molecule has 1 N–H and O–H groups in total. The summed E-state index contributed by atoms with van der Waals surface area (Å²) in [7, 11) is 1.93. The second kappa shape index (κ2) is 4.84. The Labute approximate surface area is 110 Å². The number of nitrogens with one attached hydrogen (secondary N) is 1. The molecule has 0 aromatic carbocycles. The highest BCUT2D eigenvalue weighted by molar-refractivity contribution is 5.82. The molecule has 2 bridgehead atoms. The van der Waals surface area contributed by atoms with Crippen molar-refractivity contribution in [1.82, 2.24) is 10.2 Å². The number of hydrogen-bond acceptors (Lipinski definition) is 2. The van der Waals surface area contributed by atoms with Crippen LogP contribution in [0.3, 0.4) is 0 Å². The lowest BCUT2D eigenvalue weighted by molar-refractivity contribution is -0.136. The number of carbonyl (C=O) groups excluding carboxylic acids is 1. The summed E-state index contributed by atoms with van der Waals surface area (Å²) in [5, 5.41) is 3.23. The molecule has 1 saturated heterocycles. The summed E-state index contributed by atoms with van der Waals surface area (Å²) < 4.78 is 0. The lowest BCUT2D eigenvalue weighted by Gasteiger charge is -2.35. The van der Waals surface area contributed by atoms with Crippen molar-refractivity contribution in [2.75, 3.05) is 13.6 Å². The Morgan fingerprint density at radius 1 is 1.17 bits per heavy atom. The third kappa shape index (κ3) is 2.07. The fraction of sp³-hybridized carbons (Fsp3) is 0.933. The number of likely N-dealkylation sites (N-methyl/N-ethyl adjacent to an activating group) is 1. The van der Waals surface area contributed by atoms with Crippen LogP contribution in [0.25, 0.3) is 0 Å². The Hall–Kier alpha value is -0.570. The maximum atomic E-state index is 12.6. The summed E-state index contributed by atoms with van der Waals surface area (Å²) in [6, 6.07) is 0.624. The summed E-state index contributed by atoms with van der Waals surface area (Å²) in [6.45, 7) is 3.27. The Balaban J connectivity index is 1.75. The van der Waals surface area contributed by atoms with E-state index in [1.165, 1.54) is 32.1 Å². The Kier molecular flexibility index (Phi) is 3.35. The first kappa shape index (κ1) is 12.5. The number of fused-ring (bicyclic) bond motifs is 2. The number of amides is 1. The molecular formula is C15H26N2O. The molecular weight excluding hydrogens is 224 g/mol. The van der Waals surface area contributed by atoms with Gasteiger partial charge in [0.2, 0.25) is 5.91 Å². The minimum absolute atomic E-state index is 0.0571. The minimum atomic E-state index is 0.0571. The van der Waals surface area contributed by atoms with Crippen molar-refractivity contribution in [2.45, 2.75) is 57.5 Å². The molecule has 2 saturated carbocycles. The molecule has 2 aliphatic carbocycles. The molecule has 0 aromatic rings. The van der Waals surface area contributed by atoms with Crippen molar-refractivity contribution in [3.63, 3.8) is 0 Å². The second-order valence-corrected chi connectivity index (χ2v) is 6.74. The summed E-state index contributed by atoms with van der Waals surface area (Å²) in [6.07, 6.45) is 7.62. The summed E-state index contributed by atoms with van der Waals surface area (Å²) in [5.41, 5.74) is 0. The Morgan fingerprint density at radius 2 is 2.00 bits per heavy atom. The lowest BCUT2D eigenvalue weighted by atomic mass is 9.93. The van der Waals surface area contributed by atoms with Crippen LogP contribution in [0.5, 0.6) is 0 Å². The highest BCUT2D eigenvalue weighted by Crippen LogP contribution is 2.47. The molecule has 3 fully saturated rings. The highest BCUT2D eigenvalue weighted by atomic mass is 16.2. The smallest absolute Gasteiger partial charge is 0.239 e. The Morgan fingerprint density at radius 3 is 2.61 bits per heavy atom. The summed E-state index contributed by atoms with van der Waals surface area (Å²) in [4.78, 5) is 14.9. The van der Waals surface area contributed by atoms with E-state index >= 15 is 0 Å². The van der Waals surface area contributed by atoms with Crippen LogP contribution in [0.2, 0.25) is 0 Å². The number of nitrogens with zero attached hydrogens (tertiary/aromatic N) is 1. The topological polar surface area (TPSA) is 32.3 Å². The van der Waals surface area contributed by atoms with Crippen molar-refractivity contribution in [3.05, 3.63) is 0 Å².